The van der Waals surface area contributed by atoms with E-state index >= 15 is 0 Å². The number of hydrogen-bond acceptors (Lipinski definition) is 4. The minimum atomic E-state index is -0.833. The molecule has 0 aliphatic rings. The minimum Gasteiger partial charge on any atom is -0.389 e. The normalized spacial score (nSPS) is 11.4. The van der Waals surface area contributed by atoms with Gasteiger partial charge in [-0.3, -0.25) is 9.69 Å². The lowest BCUT2D eigenvalue weighted by molar-refractivity contribution is -0.117. The second-order valence-corrected chi connectivity index (χ2v) is 5.92. The first-order valence-electron chi connectivity index (χ1n) is 6.28. The molecule has 0 saturated heterocycles. The van der Waals surface area contributed by atoms with Gasteiger partial charge in [-0.05, 0) is 33.0 Å². The van der Waals surface area contributed by atoms with Gasteiger partial charge in [-0.1, -0.05) is 24.4 Å². The third-order valence-corrected chi connectivity index (χ3v) is 2.74. The van der Waals surface area contributed by atoms with Crippen LogP contribution in [0.15, 0.2) is 24.3 Å². The maximum absolute atomic E-state index is 11.9. The van der Waals surface area contributed by atoms with E-state index < -0.39 is 5.60 Å². The molecule has 20 heavy (non-hydrogen) atoms. The van der Waals surface area contributed by atoms with Gasteiger partial charge in [0.1, 0.15) is 4.99 Å². The van der Waals surface area contributed by atoms with Crippen LogP contribution in [0.5, 0.6) is 0 Å². The fourth-order valence-corrected chi connectivity index (χ4v) is 2.04. The number of benzene rings is 1. The SMILES string of the molecule is CN(CC(=O)Nc1cccc(C(N)=S)c1)CC(C)(C)O. The molecule has 0 heterocycles. The number of nitrogens with one attached hydrogen (secondary N) is 1. The van der Waals surface area contributed by atoms with E-state index in [2.05, 4.69) is 5.32 Å². The number of rotatable bonds is 6. The van der Waals surface area contributed by atoms with E-state index in [0.717, 1.165) is 0 Å². The van der Waals surface area contributed by atoms with Gasteiger partial charge in [0, 0.05) is 17.8 Å². The average molecular weight is 295 g/mol. The number of carbonyl (C=O) groups is 1. The Balaban J connectivity index is 2.58. The van der Waals surface area contributed by atoms with E-state index in [0.29, 0.717) is 22.8 Å². The van der Waals surface area contributed by atoms with Gasteiger partial charge in [-0.2, -0.15) is 0 Å². The van der Waals surface area contributed by atoms with Gasteiger partial charge < -0.3 is 16.2 Å². The third kappa shape index (κ3) is 6.10. The second kappa shape index (κ2) is 6.78. The van der Waals surface area contributed by atoms with Gasteiger partial charge in [-0.25, -0.2) is 0 Å². The molecule has 0 radical (unpaired) electrons. The molecule has 1 aromatic carbocycles. The molecular formula is C14H21N3O2S. The highest BCUT2D eigenvalue weighted by Crippen LogP contribution is 2.11. The zero-order valence-electron chi connectivity index (χ0n) is 12.0. The van der Waals surface area contributed by atoms with Crippen LogP contribution in [-0.2, 0) is 4.79 Å². The van der Waals surface area contributed by atoms with E-state index in [-0.39, 0.29) is 12.5 Å². The number of carbonyl (C=O) groups excluding carboxylic acids is 1. The smallest absolute Gasteiger partial charge is 0.238 e. The van der Waals surface area contributed by atoms with Crippen LogP contribution in [0.2, 0.25) is 0 Å². The summed E-state index contributed by atoms with van der Waals surface area (Å²) in [5.74, 6) is -0.156. The second-order valence-electron chi connectivity index (χ2n) is 5.48. The number of aliphatic hydroxyl groups is 1. The predicted molar refractivity (Wildman–Crippen MR) is 84.8 cm³/mol. The van der Waals surface area contributed by atoms with Gasteiger partial charge in [0.15, 0.2) is 0 Å². The quantitative estimate of drug-likeness (QED) is 0.681. The lowest BCUT2D eigenvalue weighted by Gasteiger charge is -2.24. The van der Waals surface area contributed by atoms with Crippen molar-refractivity contribution in [3.63, 3.8) is 0 Å². The summed E-state index contributed by atoms with van der Waals surface area (Å²) >= 11 is 4.89. The molecule has 0 fully saturated rings. The maximum Gasteiger partial charge on any atom is 0.238 e. The molecule has 1 amide bonds. The van der Waals surface area contributed by atoms with Crippen molar-refractivity contribution >= 4 is 28.8 Å². The summed E-state index contributed by atoms with van der Waals surface area (Å²) in [7, 11) is 1.78. The molecule has 1 rings (SSSR count). The summed E-state index contributed by atoms with van der Waals surface area (Å²) in [5, 5.41) is 12.5. The highest BCUT2D eigenvalue weighted by molar-refractivity contribution is 7.80. The molecule has 6 heteroatoms. The lowest BCUT2D eigenvalue weighted by atomic mass is 10.1. The van der Waals surface area contributed by atoms with Crippen LogP contribution in [0, 0.1) is 0 Å². The molecule has 5 nitrogen and oxygen atoms in total. The number of nitrogens with two attached hydrogens (primary N) is 1. The number of amides is 1. The van der Waals surface area contributed by atoms with E-state index in [4.69, 9.17) is 18.0 Å². The Bertz CT molecular complexity index is 497. The van der Waals surface area contributed by atoms with Crippen molar-refractivity contribution in [2.75, 3.05) is 25.5 Å². The van der Waals surface area contributed by atoms with Gasteiger partial charge in [-0.15, -0.1) is 0 Å². The summed E-state index contributed by atoms with van der Waals surface area (Å²) in [4.78, 5) is 13.9. The molecule has 110 valence electrons. The number of anilines is 1. The van der Waals surface area contributed by atoms with Crippen LogP contribution in [0.25, 0.3) is 0 Å². The first kappa shape index (κ1) is 16.6. The molecule has 1 aromatic rings. The van der Waals surface area contributed by atoms with Crippen LogP contribution in [-0.4, -0.2) is 46.6 Å². The summed E-state index contributed by atoms with van der Waals surface area (Å²) in [6.45, 7) is 4.01. The van der Waals surface area contributed by atoms with E-state index in [1.54, 1.807) is 50.1 Å². The van der Waals surface area contributed by atoms with Crippen LogP contribution >= 0.6 is 12.2 Å². The summed E-state index contributed by atoms with van der Waals surface area (Å²) in [5.41, 5.74) is 6.07. The van der Waals surface area contributed by atoms with Crippen molar-refractivity contribution < 1.29 is 9.90 Å². The summed E-state index contributed by atoms with van der Waals surface area (Å²) in [6, 6.07) is 7.08. The number of thiocarbonyl (C=S) groups is 1. The van der Waals surface area contributed by atoms with Crippen molar-refractivity contribution in [2.24, 2.45) is 5.73 Å². The number of nitrogens with zero attached hydrogens (tertiary/aromatic N) is 1. The molecule has 4 N–H and O–H groups in total. The van der Waals surface area contributed by atoms with Crippen molar-refractivity contribution in [1.29, 1.82) is 0 Å². The van der Waals surface area contributed by atoms with Crippen molar-refractivity contribution in [3.8, 4) is 0 Å². The number of likely N-dealkylation sites (N-methyl/N-ethyl adjacent to an activating group) is 1. The standard InChI is InChI=1S/C14H21N3O2S/c1-14(2,19)9-17(3)8-12(18)16-11-6-4-5-10(7-11)13(15)20/h4-7,19H,8-9H2,1-3H3,(H2,15,20)(H,16,18). The molecular weight excluding hydrogens is 274 g/mol. The lowest BCUT2D eigenvalue weighted by Crippen LogP contribution is -2.40. The van der Waals surface area contributed by atoms with E-state index in [1.807, 2.05) is 0 Å². The van der Waals surface area contributed by atoms with Gasteiger partial charge >= 0.3 is 0 Å². The minimum absolute atomic E-state index is 0.156. The highest BCUT2D eigenvalue weighted by Gasteiger charge is 2.17. The Morgan fingerprint density at radius 2 is 2.15 bits per heavy atom. The summed E-state index contributed by atoms with van der Waals surface area (Å²) < 4.78 is 0. The predicted octanol–water partition coefficient (Wildman–Crippen LogP) is 0.962. The van der Waals surface area contributed by atoms with Crippen molar-refractivity contribution in [3.05, 3.63) is 29.8 Å². The molecule has 0 bridgehead atoms. The zero-order chi connectivity index (χ0) is 15.3. The monoisotopic (exact) mass is 295 g/mol. The van der Waals surface area contributed by atoms with Crippen LogP contribution < -0.4 is 11.1 Å². The fourth-order valence-electron chi connectivity index (χ4n) is 1.91. The Morgan fingerprint density at radius 3 is 2.70 bits per heavy atom. The Labute approximate surface area is 124 Å². The zero-order valence-corrected chi connectivity index (χ0v) is 12.8. The molecule has 0 saturated carbocycles. The van der Waals surface area contributed by atoms with Crippen LogP contribution in [0.1, 0.15) is 19.4 Å². The molecule has 0 spiro atoms. The molecule has 0 aliphatic carbocycles. The Hall–Kier alpha value is -1.50. The van der Waals surface area contributed by atoms with E-state index in [9.17, 15) is 9.90 Å². The highest BCUT2D eigenvalue weighted by atomic mass is 32.1. The van der Waals surface area contributed by atoms with Crippen LogP contribution in [0.4, 0.5) is 5.69 Å². The fraction of sp³-hybridized carbons (Fsp3) is 0.429. The van der Waals surface area contributed by atoms with Gasteiger partial charge in [0.25, 0.3) is 0 Å². The Kier molecular flexibility index (Phi) is 5.62. The average Bonchev–Trinajstić information content (AvgIpc) is 2.25. The first-order chi connectivity index (χ1) is 9.17. The van der Waals surface area contributed by atoms with Crippen molar-refractivity contribution in [1.82, 2.24) is 4.90 Å². The topological polar surface area (TPSA) is 78.6 Å². The molecule has 0 aromatic heterocycles. The first-order valence-corrected chi connectivity index (χ1v) is 6.69. The summed E-state index contributed by atoms with van der Waals surface area (Å²) in [6.07, 6.45) is 0. The number of hydrogen-bond donors (Lipinski definition) is 3. The largest absolute Gasteiger partial charge is 0.389 e. The molecule has 0 aliphatic heterocycles. The molecule has 0 unspecified atom stereocenters. The third-order valence-electron chi connectivity index (χ3n) is 2.50. The van der Waals surface area contributed by atoms with E-state index in [1.165, 1.54) is 0 Å². The maximum atomic E-state index is 11.9. The van der Waals surface area contributed by atoms with Crippen LogP contribution in [0.3, 0.4) is 0 Å². The molecule has 0 atom stereocenters. The Morgan fingerprint density at radius 1 is 1.50 bits per heavy atom. The van der Waals surface area contributed by atoms with Crippen molar-refractivity contribution in [2.45, 2.75) is 19.4 Å². The van der Waals surface area contributed by atoms with Gasteiger partial charge in [0.05, 0.1) is 12.1 Å². The van der Waals surface area contributed by atoms with Gasteiger partial charge in [0.2, 0.25) is 5.91 Å².